The van der Waals surface area contributed by atoms with Crippen molar-refractivity contribution in [3.63, 3.8) is 0 Å². The lowest BCUT2D eigenvalue weighted by molar-refractivity contribution is 0.425. The van der Waals surface area contributed by atoms with Gasteiger partial charge in [0.15, 0.2) is 11.6 Å². The van der Waals surface area contributed by atoms with Crippen molar-refractivity contribution < 1.29 is 18.8 Å². The summed E-state index contributed by atoms with van der Waals surface area (Å²) < 4.78 is 24.9. The zero-order chi connectivity index (χ0) is 9.30. The van der Waals surface area contributed by atoms with Crippen molar-refractivity contribution in [3.8, 4) is 0 Å². The van der Waals surface area contributed by atoms with Crippen molar-refractivity contribution in [2.75, 3.05) is 5.73 Å². The summed E-state index contributed by atoms with van der Waals surface area (Å²) in [7, 11) is -1.89. The summed E-state index contributed by atoms with van der Waals surface area (Å²) in [4.78, 5) is 0. The molecule has 6 heteroatoms. The van der Waals surface area contributed by atoms with Crippen LogP contribution in [0, 0.1) is 11.6 Å². The first-order valence-electron chi connectivity index (χ1n) is 3.13. The van der Waals surface area contributed by atoms with Gasteiger partial charge in [0.05, 0.1) is 0 Å². The molecule has 0 atom stereocenters. The molecule has 0 aromatic heterocycles. The Balaban J connectivity index is 3.23. The SMILES string of the molecule is Nc1cc(F)c(F)cc1B(O)O. The Kier molecular flexibility index (Phi) is 2.30. The van der Waals surface area contributed by atoms with Gasteiger partial charge in [-0.15, -0.1) is 0 Å². The smallest absolute Gasteiger partial charge is 0.423 e. The molecule has 1 aromatic rings. The van der Waals surface area contributed by atoms with Crippen LogP contribution in [0.4, 0.5) is 14.5 Å². The second kappa shape index (κ2) is 3.08. The average Bonchev–Trinajstić information content (AvgIpc) is 1.96. The quantitative estimate of drug-likeness (QED) is 0.385. The van der Waals surface area contributed by atoms with E-state index in [2.05, 4.69) is 0 Å². The lowest BCUT2D eigenvalue weighted by Crippen LogP contribution is -2.32. The fourth-order valence-corrected chi connectivity index (χ4v) is 0.801. The highest BCUT2D eigenvalue weighted by atomic mass is 19.2. The summed E-state index contributed by atoms with van der Waals surface area (Å²) in [6.45, 7) is 0. The molecule has 0 fully saturated rings. The van der Waals surface area contributed by atoms with Crippen molar-refractivity contribution in [1.29, 1.82) is 0 Å². The Labute approximate surface area is 67.6 Å². The fraction of sp³-hybridized carbons (Fsp3) is 0. The Hall–Kier alpha value is -1.14. The van der Waals surface area contributed by atoms with Crippen LogP contribution < -0.4 is 11.2 Å². The number of hydrogen-bond donors (Lipinski definition) is 3. The van der Waals surface area contributed by atoms with Crippen LogP contribution in [0.5, 0.6) is 0 Å². The standard InChI is InChI=1S/C6H6BF2NO2/c8-4-1-3(7(11)12)6(10)2-5(4)9/h1-2,11-12H,10H2. The van der Waals surface area contributed by atoms with Gasteiger partial charge in [0.2, 0.25) is 0 Å². The minimum Gasteiger partial charge on any atom is -0.423 e. The van der Waals surface area contributed by atoms with E-state index < -0.39 is 18.8 Å². The van der Waals surface area contributed by atoms with Crippen molar-refractivity contribution in [2.24, 2.45) is 0 Å². The zero-order valence-electron chi connectivity index (χ0n) is 5.96. The fourth-order valence-electron chi connectivity index (χ4n) is 0.801. The molecule has 0 unspecified atom stereocenters. The van der Waals surface area contributed by atoms with Crippen molar-refractivity contribution in [3.05, 3.63) is 23.8 Å². The molecule has 0 radical (unpaired) electrons. The summed E-state index contributed by atoms with van der Waals surface area (Å²) in [5.41, 5.74) is 4.73. The maximum atomic E-state index is 12.5. The number of rotatable bonds is 1. The van der Waals surface area contributed by atoms with Crippen molar-refractivity contribution >= 4 is 18.3 Å². The molecule has 0 spiro atoms. The van der Waals surface area contributed by atoms with Crippen LogP contribution in [0.2, 0.25) is 0 Å². The molecule has 64 valence electrons. The number of hydrogen-bond acceptors (Lipinski definition) is 3. The number of benzene rings is 1. The minimum absolute atomic E-state index is 0.191. The molecule has 1 aromatic carbocycles. The lowest BCUT2D eigenvalue weighted by atomic mass is 9.79. The molecule has 0 bridgehead atoms. The van der Waals surface area contributed by atoms with Gasteiger partial charge in [-0.1, -0.05) is 0 Å². The molecule has 0 saturated carbocycles. The Morgan fingerprint density at radius 1 is 1.17 bits per heavy atom. The molecule has 0 heterocycles. The molecule has 12 heavy (non-hydrogen) atoms. The van der Waals surface area contributed by atoms with Crippen LogP contribution in [0.1, 0.15) is 0 Å². The summed E-state index contributed by atoms with van der Waals surface area (Å²) >= 11 is 0. The van der Waals surface area contributed by atoms with Crippen LogP contribution in [-0.2, 0) is 0 Å². The van der Waals surface area contributed by atoms with Crippen LogP contribution in [0.15, 0.2) is 12.1 Å². The lowest BCUT2D eigenvalue weighted by Gasteiger charge is -2.04. The summed E-state index contributed by atoms with van der Waals surface area (Å²) in [5, 5.41) is 17.2. The number of halogens is 2. The van der Waals surface area contributed by atoms with Gasteiger partial charge < -0.3 is 15.8 Å². The number of nitrogen functional groups attached to an aromatic ring is 1. The third-order valence-corrected chi connectivity index (χ3v) is 1.40. The van der Waals surface area contributed by atoms with Gasteiger partial charge in [0.25, 0.3) is 0 Å². The van der Waals surface area contributed by atoms with E-state index in [1.807, 2.05) is 0 Å². The van der Waals surface area contributed by atoms with Crippen molar-refractivity contribution in [2.45, 2.75) is 0 Å². The third-order valence-electron chi connectivity index (χ3n) is 1.40. The zero-order valence-corrected chi connectivity index (χ0v) is 5.96. The van der Waals surface area contributed by atoms with Crippen LogP contribution in [-0.4, -0.2) is 17.2 Å². The van der Waals surface area contributed by atoms with E-state index >= 15 is 0 Å². The van der Waals surface area contributed by atoms with E-state index in [0.29, 0.717) is 12.1 Å². The first kappa shape index (κ1) is 8.96. The summed E-state index contributed by atoms with van der Waals surface area (Å²) in [5.74, 6) is -2.27. The van der Waals surface area contributed by atoms with Crippen LogP contribution in [0.25, 0.3) is 0 Å². The molecule has 1 rings (SSSR count). The summed E-state index contributed by atoms with van der Waals surface area (Å²) in [6, 6.07) is 1.35. The molecular weight excluding hydrogens is 167 g/mol. The molecule has 0 aliphatic carbocycles. The van der Waals surface area contributed by atoms with Gasteiger partial charge in [-0.3, -0.25) is 0 Å². The van der Waals surface area contributed by atoms with Gasteiger partial charge in [-0.2, -0.15) is 0 Å². The molecule has 0 aliphatic rings. The molecule has 0 amide bonds. The summed E-state index contributed by atoms with van der Waals surface area (Å²) in [6.07, 6.45) is 0. The average molecular weight is 173 g/mol. The van der Waals surface area contributed by atoms with Crippen molar-refractivity contribution in [1.82, 2.24) is 0 Å². The maximum absolute atomic E-state index is 12.5. The third kappa shape index (κ3) is 1.54. The highest BCUT2D eigenvalue weighted by Crippen LogP contribution is 2.08. The van der Waals surface area contributed by atoms with Gasteiger partial charge in [0.1, 0.15) is 0 Å². The van der Waals surface area contributed by atoms with Gasteiger partial charge in [0, 0.05) is 11.2 Å². The second-order valence-electron chi connectivity index (χ2n) is 2.27. The monoisotopic (exact) mass is 173 g/mol. The molecular formula is C6H6BF2NO2. The van der Waals surface area contributed by atoms with E-state index in [9.17, 15) is 8.78 Å². The Morgan fingerprint density at radius 2 is 1.67 bits per heavy atom. The van der Waals surface area contributed by atoms with Gasteiger partial charge >= 0.3 is 7.12 Å². The largest absolute Gasteiger partial charge is 0.490 e. The first-order valence-corrected chi connectivity index (χ1v) is 3.13. The molecule has 0 saturated heterocycles. The van der Waals surface area contributed by atoms with Crippen LogP contribution >= 0.6 is 0 Å². The number of anilines is 1. The van der Waals surface area contributed by atoms with E-state index in [1.54, 1.807) is 0 Å². The predicted octanol–water partition coefficient (Wildman–Crippen LogP) is -0.773. The molecule has 4 N–H and O–H groups in total. The molecule has 3 nitrogen and oxygen atoms in total. The van der Waals surface area contributed by atoms with E-state index in [1.165, 1.54) is 0 Å². The minimum atomic E-state index is -1.89. The van der Waals surface area contributed by atoms with Crippen LogP contribution in [0.3, 0.4) is 0 Å². The van der Waals surface area contributed by atoms with Gasteiger partial charge in [-0.05, 0) is 12.1 Å². The van der Waals surface area contributed by atoms with E-state index in [0.717, 1.165) is 0 Å². The predicted molar refractivity (Wildman–Crippen MR) is 40.6 cm³/mol. The number of nitrogens with two attached hydrogens (primary N) is 1. The Morgan fingerprint density at radius 3 is 2.17 bits per heavy atom. The normalized spacial score (nSPS) is 10.0. The Bertz CT molecular complexity index is 306. The topological polar surface area (TPSA) is 66.5 Å². The highest BCUT2D eigenvalue weighted by molar-refractivity contribution is 6.60. The van der Waals surface area contributed by atoms with Gasteiger partial charge in [-0.25, -0.2) is 8.78 Å². The van der Waals surface area contributed by atoms with E-state index in [-0.39, 0.29) is 11.2 Å². The molecule has 0 aliphatic heterocycles. The second-order valence-corrected chi connectivity index (χ2v) is 2.27. The van der Waals surface area contributed by atoms with E-state index in [4.69, 9.17) is 15.8 Å². The first-order chi connectivity index (χ1) is 5.52. The highest BCUT2D eigenvalue weighted by Gasteiger charge is 2.17. The maximum Gasteiger partial charge on any atom is 0.490 e.